The number of thiophene rings is 1. The molecule has 0 fully saturated rings. The Kier molecular flexibility index (Phi) is 7.00. The molecular weight excluding hydrogens is 536 g/mol. The number of hydrogen-bond acceptors (Lipinski definition) is 6. The van der Waals surface area contributed by atoms with Crippen LogP contribution in [0, 0.1) is 12.3 Å². The molecule has 10 heteroatoms. The molecule has 5 aromatic rings. The van der Waals surface area contributed by atoms with E-state index in [0.29, 0.717) is 34.8 Å². The molecule has 0 atom stereocenters. The van der Waals surface area contributed by atoms with E-state index in [-0.39, 0.29) is 27.9 Å². The first-order chi connectivity index (χ1) is 19.9. The number of fused-ring (bicyclic) bond motifs is 3. The third-order valence-corrected chi connectivity index (χ3v) is 8.90. The zero-order chi connectivity index (χ0) is 28.7. The zero-order valence-electron chi connectivity index (χ0n) is 22.9. The molecular formula is C31H30N6O3S. The number of nitrogens with zero attached hydrogens (tertiary/aromatic N) is 3. The molecule has 1 aliphatic rings. The number of amides is 2. The first-order valence-corrected chi connectivity index (χ1v) is 14.5. The molecule has 4 aromatic heterocycles. The Morgan fingerprint density at radius 2 is 1.83 bits per heavy atom. The zero-order valence-corrected chi connectivity index (χ0v) is 23.7. The van der Waals surface area contributed by atoms with Gasteiger partial charge < -0.3 is 15.2 Å². The Bertz CT molecular complexity index is 1950. The van der Waals surface area contributed by atoms with Crippen LogP contribution in [0.5, 0.6) is 0 Å². The van der Waals surface area contributed by atoms with Gasteiger partial charge in [-0.1, -0.05) is 36.4 Å². The van der Waals surface area contributed by atoms with Crippen LogP contribution in [0.25, 0.3) is 16.7 Å². The SMILES string of the molecule is CNC(=O)c1c(NC(=O)c2cc3c(=O)n4cccc(C)c4nc3n(CCc3ccccc3)c2=N)sc2c1CCCC2. The first-order valence-electron chi connectivity index (χ1n) is 13.7. The van der Waals surface area contributed by atoms with Gasteiger partial charge >= 0.3 is 0 Å². The van der Waals surface area contributed by atoms with Crippen LogP contribution in [-0.4, -0.2) is 32.8 Å². The summed E-state index contributed by atoms with van der Waals surface area (Å²) in [7, 11) is 1.58. The smallest absolute Gasteiger partial charge is 0.267 e. The minimum Gasteiger partial charge on any atom is -0.355 e. The molecule has 0 bridgehead atoms. The summed E-state index contributed by atoms with van der Waals surface area (Å²) < 4.78 is 3.12. The molecule has 0 aliphatic heterocycles. The second-order valence-corrected chi connectivity index (χ2v) is 11.4. The first kappa shape index (κ1) is 26.6. The molecule has 0 spiro atoms. The summed E-state index contributed by atoms with van der Waals surface area (Å²) in [5.41, 5.74) is 3.94. The lowest BCUT2D eigenvalue weighted by atomic mass is 9.95. The van der Waals surface area contributed by atoms with E-state index in [1.807, 2.05) is 43.3 Å². The number of carbonyl (C=O) groups is 2. The molecule has 0 saturated carbocycles. The Morgan fingerprint density at radius 3 is 2.61 bits per heavy atom. The summed E-state index contributed by atoms with van der Waals surface area (Å²) in [4.78, 5) is 46.3. The fourth-order valence-electron chi connectivity index (χ4n) is 5.56. The summed E-state index contributed by atoms with van der Waals surface area (Å²) in [5, 5.41) is 15.5. The fourth-order valence-corrected chi connectivity index (χ4v) is 6.84. The molecule has 1 aromatic carbocycles. The molecule has 0 saturated heterocycles. The topological polar surface area (TPSA) is 121 Å². The number of rotatable bonds is 6. The van der Waals surface area contributed by atoms with Gasteiger partial charge in [0.2, 0.25) is 0 Å². The monoisotopic (exact) mass is 566 g/mol. The maximum Gasteiger partial charge on any atom is 0.267 e. The van der Waals surface area contributed by atoms with E-state index in [1.54, 1.807) is 23.9 Å². The van der Waals surface area contributed by atoms with Gasteiger partial charge in [0.1, 0.15) is 21.8 Å². The maximum absolute atomic E-state index is 13.8. The van der Waals surface area contributed by atoms with Crippen molar-refractivity contribution in [2.75, 3.05) is 12.4 Å². The number of aryl methyl sites for hydroxylation is 4. The number of benzene rings is 1. The number of anilines is 1. The lowest BCUT2D eigenvalue weighted by molar-refractivity contribution is 0.0963. The van der Waals surface area contributed by atoms with E-state index in [2.05, 4.69) is 10.6 Å². The van der Waals surface area contributed by atoms with Gasteiger partial charge in [0.05, 0.1) is 16.5 Å². The van der Waals surface area contributed by atoms with Gasteiger partial charge in [0.15, 0.2) is 0 Å². The number of carbonyl (C=O) groups excluding carboxylic acids is 2. The average Bonchev–Trinajstić information content (AvgIpc) is 3.35. The Balaban J connectivity index is 1.50. The van der Waals surface area contributed by atoms with E-state index < -0.39 is 5.91 Å². The molecule has 6 rings (SSSR count). The van der Waals surface area contributed by atoms with Crippen molar-refractivity contribution in [1.29, 1.82) is 5.41 Å². The fraction of sp³-hybridized carbons (Fsp3) is 0.258. The molecule has 9 nitrogen and oxygen atoms in total. The summed E-state index contributed by atoms with van der Waals surface area (Å²) in [6.45, 7) is 2.24. The van der Waals surface area contributed by atoms with Crippen LogP contribution in [0.15, 0.2) is 59.5 Å². The number of hydrogen-bond donors (Lipinski definition) is 3. The minimum atomic E-state index is -0.539. The highest BCUT2D eigenvalue weighted by Crippen LogP contribution is 2.38. The van der Waals surface area contributed by atoms with Gasteiger partial charge in [0.25, 0.3) is 17.4 Å². The maximum atomic E-state index is 13.8. The van der Waals surface area contributed by atoms with Gasteiger partial charge in [-0.15, -0.1) is 11.3 Å². The predicted octanol–water partition coefficient (Wildman–Crippen LogP) is 4.23. The second-order valence-electron chi connectivity index (χ2n) is 10.3. The van der Waals surface area contributed by atoms with Gasteiger partial charge in [-0.3, -0.25) is 24.2 Å². The highest BCUT2D eigenvalue weighted by atomic mass is 32.1. The summed E-state index contributed by atoms with van der Waals surface area (Å²) >= 11 is 1.42. The van der Waals surface area contributed by atoms with E-state index >= 15 is 0 Å². The van der Waals surface area contributed by atoms with Crippen LogP contribution < -0.4 is 21.7 Å². The van der Waals surface area contributed by atoms with Crippen molar-refractivity contribution in [3.8, 4) is 0 Å². The van der Waals surface area contributed by atoms with Gasteiger partial charge in [0, 0.05) is 24.7 Å². The summed E-state index contributed by atoms with van der Waals surface area (Å²) in [5.74, 6) is -0.783. The molecule has 1 aliphatic carbocycles. The summed E-state index contributed by atoms with van der Waals surface area (Å²) in [6, 6.07) is 15.0. The average molecular weight is 567 g/mol. The molecule has 4 heterocycles. The second kappa shape index (κ2) is 10.8. The molecule has 41 heavy (non-hydrogen) atoms. The largest absolute Gasteiger partial charge is 0.355 e. The molecule has 2 amide bonds. The molecule has 208 valence electrons. The highest BCUT2D eigenvalue weighted by molar-refractivity contribution is 7.17. The van der Waals surface area contributed by atoms with Gasteiger partial charge in [-0.25, -0.2) is 4.98 Å². The van der Waals surface area contributed by atoms with Crippen LogP contribution in [-0.2, 0) is 25.8 Å². The highest BCUT2D eigenvalue weighted by Gasteiger charge is 2.27. The van der Waals surface area contributed by atoms with Crippen LogP contribution in [0.4, 0.5) is 5.00 Å². The Labute approximate surface area is 240 Å². The van der Waals surface area contributed by atoms with Crippen molar-refractivity contribution in [2.45, 2.75) is 45.6 Å². The van der Waals surface area contributed by atoms with Crippen molar-refractivity contribution in [3.05, 3.63) is 103 Å². The normalized spacial score (nSPS) is 12.8. The van der Waals surface area contributed by atoms with E-state index in [4.69, 9.17) is 10.4 Å². The van der Waals surface area contributed by atoms with Crippen LogP contribution >= 0.6 is 11.3 Å². The molecule has 3 N–H and O–H groups in total. The Morgan fingerprint density at radius 1 is 1.05 bits per heavy atom. The quantitative estimate of drug-likeness (QED) is 0.266. The molecule has 0 unspecified atom stereocenters. The third kappa shape index (κ3) is 4.74. The third-order valence-electron chi connectivity index (χ3n) is 7.70. The van der Waals surface area contributed by atoms with E-state index in [1.165, 1.54) is 21.8 Å². The number of nitrogens with one attached hydrogen (secondary N) is 3. The van der Waals surface area contributed by atoms with E-state index in [0.717, 1.165) is 47.3 Å². The minimum absolute atomic E-state index is 0.0430. The van der Waals surface area contributed by atoms with Crippen molar-refractivity contribution < 1.29 is 9.59 Å². The van der Waals surface area contributed by atoms with Crippen LogP contribution in [0.2, 0.25) is 0 Å². The van der Waals surface area contributed by atoms with Crippen LogP contribution in [0.3, 0.4) is 0 Å². The van der Waals surface area contributed by atoms with Crippen molar-refractivity contribution in [1.82, 2.24) is 19.3 Å². The van der Waals surface area contributed by atoms with Gasteiger partial charge in [-0.05, 0) is 67.9 Å². The summed E-state index contributed by atoms with van der Waals surface area (Å²) in [6.07, 6.45) is 5.94. The standard InChI is InChI=1S/C31H30N6O3S/c1-18-9-8-15-37-26(18)34-27-22(31(37)40)17-21(25(32)36(27)16-14-19-10-4-3-5-11-19)28(38)35-30-24(29(39)33-2)20-12-6-7-13-23(20)41-30/h3-5,8-11,15,17,32H,6-7,12-14,16H2,1-2H3,(H,33,39)(H,35,38). The molecule has 0 radical (unpaired) electrons. The van der Waals surface area contributed by atoms with Gasteiger partial charge in [-0.2, -0.15) is 0 Å². The lowest BCUT2D eigenvalue weighted by Gasteiger charge is -2.15. The number of pyridine rings is 2. The lowest BCUT2D eigenvalue weighted by Crippen LogP contribution is -2.33. The van der Waals surface area contributed by atoms with Crippen molar-refractivity contribution in [2.24, 2.45) is 0 Å². The van der Waals surface area contributed by atoms with Crippen molar-refractivity contribution in [3.63, 3.8) is 0 Å². The predicted molar refractivity (Wildman–Crippen MR) is 160 cm³/mol. The van der Waals surface area contributed by atoms with E-state index in [9.17, 15) is 14.4 Å². The Hall–Kier alpha value is -4.57. The van der Waals surface area contributed by atoms with Crippen LogP contribution in [0.1, 0.15) is 55.1 Å². The number of aromatic nitrogens is 3. The van der Waals surface area contributed by atoms with Crippen molar-refractivity contribution >= 4 is 44.8 Å².